The molecule has 1 aromatic heterocycles. The summed E-state index contributed by atoms with van der Waals surface area (Å²) in [6.45, 7) is 2.15. The Morgan fingerprint density at radius 2 is 2.25 bits per heavy atom. The number of amidine groups is 1. The lowest BCUT2D eigenvalue weighted by Gasteiger charge is -2.06. The second-order valence-corrected chi connectivity index (χ2v) is 3.62. The number of benzene rings is 1. The minimum absolute atomic E-state index is 0.0114. The van der Waals surface area contributed by atoms with Crippen LogP contribution in [-0.2, 0) is 0 Å². The number of hydrogen-bond donors (Lipinski definition) is 2. The van der Waals surface area contributed by atoms with E-state index in [1.54, 1.807) is 6.20 Å². The fourth-order valence-electron chi connectivity index (χ4n) is 1.52. The number of fused-ring (bicyclic) bond motifs is 1. The molecule has 0 aliphatic heterocycles. The summed E-state index contributed by atoms with van der Waals surface area (Å²) in [5.41, 5.74) is 7.29. The number of pyridine rings is 1. The van der Waals surface area contributed by atoms with Crippen LogP contribution in [0.5, 0.6) is 5.75 Å². The third-order valence-corrected chi connectivity index (χ3v) is 2.33. The maximum Gasteiger partial charge on any atom is 0.145 e. The molecule has 4 nitrogen and oxygen atoms in total. The number of nitrogens with one attached hydrogen (secondary N) is 1. The first-order valence-corrected chi connectivity index (χ1v) is 4.98. The highest BCUT2D eigenvalue weighted by atomic mass is 16.5. The molecule has 0 amide bonds. The predicted molar refractivity (Wildman–Crippen MR) is 63.9 cm³/mol. The molecule has 1 heterocycles. The van der Waals surface area contributed by atoms with E-state index >= 15 is 0 Å². The molecule has 0 fully saturated rings. The van der Waals surface area contributed by atoms with Crippen molar-refractivity contribution in [2.45, 2.75) is 6.92 Å². The number of aromatic nitrogens is 1. The molecular weight excluding hydrogens is 202 g/mol. The first kappa shape index (κ1) is 10.4. The molecule has 16 heavy (non-hydrogen) atoms. The van der Waals surface area contributed by atoms with Crippen molar-refractivity contribution in [3.63, 3.8) is 0 Å². The zero-order valence-electron chi connectivity index (χ0n) is 9.03. The molecule has 1 aromatic carbocycles. The summed E-state index contributed by atoms with van der Waals surface area (Å²) in [6.07, 6.45) is 1.77. The number of rotatable bonds is 3. The molecule has 82 valence electrons. The summed E-state index contributed by atoms with van der Waals surface area (Å²) in [5.74, 6) is 0.693. The Morgan fingerprint density at radius 1 is 1.44 bits per heavy atom. The normalized spacial score (nSPS) is 10.3. The summed E-state index contributed by atoms with van der Waals surface area (Å²) >= 11 is 0. The molecule has 3 N–H and O–H groups in total. The van der Waals surface area contributed by atoms with Crippen LogP contribution in [0.15, 0.2) is 30.5 Å². The monoisotopic (exact) mass is 215 g/mol. The van der Waals surface area contributed by atoms with E-state index in [4.69, 9.17) is 15.9 Å². The van der Waals surface area contributed by atoms with Crippen LogP contribution in [-0.4, -0.2) is 17.4 Å². The van der Waals surface area contributed by atoms with Gasteiger partial charge in [-0.25, -0.2) is 0 Å². The third-order valence-electron chi connectivity index (χ3n) is 2.33. The van der Waals surface area contributed by atoms with E-state index in [1.165, 1.54) is 5.56 Å². The van der Waals surface area contributed by atoms with Gasteiger partial charge < -0.3 is 10.5 Å². The van der Waals surface area contributed by atoms with Crippen LogP contribution >= 0.6 is 0 Å². The zero-order valence-corrected chi connectivity index (χ0v) is 9.03. The molecule has 4 heteroatoms. The Balaban J connectivity index is 2.33. The van der Waals surface area contributed by atoms with E-state index < -0.39 is 0 Å². The average Bonchev–Trinajstić information content (AvgIpc) is 2.26. The Morgan fingerprint density at radius 3 is 3.00 bits per heavy atom. The molecule has 2 aromatic rings. The maximum absolute atomic E-state index is 7.08. The van der Waals surface area contributed by atoms with Crippen molar-refractivity contribution < 1.29 is 4.74 Å². The first-order chi connectivity index (χ1) is 7.66. The van der Waals surface area contributed by atoms with Crippen molar-refractivity contribution >= 4 is 16.7 Å². The van der Waals surface area contributed by atoms with Gasteiger partial charge >= 0.3 is 0 Å². The molecule has 0 spiro atoms. The fourth-order valence-corrected chi connectivity index (χ4v) is 1.52. The Bertz CT molecular complexity index is 537. The van der Waals surface area contributed by atoms with E-state index in [1.807, 2.05) is 31.2 Å². The lowest BCUT2D eigenvalue weighted by Crippen LogP contribution is -2.19. The molecule has 2 rings (SSSR count). The summed E-state index contributed by atoms with van der Waals surface area (Å²) < 4.78 is 5.33. The third kappa shape index (κ3) is 2.11. The molecule has 0 radical (unpaired) electrons. The van der Waals surface area contributed by atoms with E-state index in [2.05, 4.69) is 4.98 Å². The number of hydrogen-bond acceptors (Lipinski definition) is 3. The first-order valence-electron chi connectivity index (χ1n) is 4.98. The minimum atomic E-state index is 0.0114. The van der Waals surface area contributed by atoms with Crippen molar-refractivity contribution in [1.82, 2.24) is 4.98 Å². The highest BCUT2D eigenvalue weighted by Crippen LogP contribution is 2.21. The molecule has 0 saturated heterocycles. The predicted octanol–water partition coefficient (Wildman–Crippen LogP) is 1.86. The molecule has 0 atom stereocenters. The van der Waals surface area contributed by atoms with Gasteiger partial charge in [0.05, 0.1) is 5.52 Å². The molecule has 0 bridgehead atoms. The zero-order chi connectivity index (χ0) is 11.5. The molecule has 0 aliphatic rings. The van der Waals surface area contributed by atoms with Gasteiger partial charge in [-0.2, -0.15) is 0 Å². The summed E-state index contributed by atoms with van der Waals surface area (Å²) in [5, 5.41) is 8.19. The standard InChI is InChI=1S/C12H13N3O/c1-8-4-5-15-11-6-9(2-3-10(8)11)16-7-12(13)14/h2-6H,7H2,1H3,(H3,13,14). The molecule has 0 aliphatic carbocycles. The van der Waals surface area contributed by atoms with Crippen LogP contribution < -0.4 is 10.5 Å². The van der Waals surface area contributed by atoms with Crippen molar-refractivity contribution in [2.24, 2.45) is 5.73 Å². The van der Waals surface area contributed by atoms with Gasteiger partial charge in [0.25, 0.3) is 0 Å². The van der Waals surface area contributed by atoms with Crippen LogP contribution in [0.4, 0.5) is 0 Å². The van der Waals surface area contributed by atoms with Gasteiger partial charge in [0.1, 0.15) is 18.2 Å². The van der Waals surface area contributed by atoms with Gasteiger partial charge in [-0.05, 0) is 30.7 Å². The number of nitrogens with zero attached hydrogens (tertiary/aromatic N) is 1. The number of nitrogens with two attached hydrogens (primary N) is 1. The van der Waals surface area contributed by atoms with Crippen LogP contribution in [0.3, 0.4) is 0 Å². The van der Waals surface area contributed by atoms with E-state index in [-0.39, 0.29) is 12.4 Å². The summed E-state index contributed by atoms with van der Waals surface area (Å²) in [6, 6.07) is 7.65. The van der Waals surface area contributed by atoms with Gasteiger partial charge in [0.15, 0.2) is 0 Å². The Kier molecular flexibility index (Phi) is 2.72. The minimum Gasteiger partial charge on any atom is -0.486 e. The van der Waals surface area contributed by atoms with Crippen molar-refractivity contribution in [3.8, 4) is 5.75 Å². The topological polar surface area (TPSA) is 72.0 Å². The second-order valence-electron chi connectivity index (χ2n) is 3.62. The van der Waals surface area contributed by atoms with Gasteiger partial charge in [-0.3, -0.25) is 10.4 Å². The van der Waals surface area contributed by atoms with Crippen LogP contribution in [0.1, 0.15) is 5.56 Å². The van der Waals surface area contributed by atoms with Crippen molar-refractivity contribution in [3.05, 3.63) is 36.0 Å². The number of ether oxygens (including phenoxy) is 1. The Hall–Kier alpha value is -2.10. The van der Waals surface area contributed by atoms with Gasteiger partial charge in [-0.1, -0.05) is 0 Å². The summed E-state index contributed by atoms with van der Waals surface area (Å²) in [7, 11) is 0. The fraction of sp³-hybridized carbons (Fsp3) is 0.167. The molecule has 0 saturated carbocycles. The smallest absolute Gasteiger partial charge is 0.145 e. The lowest BCUT2D eigenvalue weighted by atomic mass is 10.1. The van der Waals surface area contributed by atoms with Crippen molar-refractivity contribution in [2.75, 3.05) is 6.61 Å². The molecule has 0 unspecified atom stereocenters. The second kappa shape index (κ2) is 4.18. The van der Waals surface area contributed by atoms with Crippen molar-refractivity contribution in [1.29, 1.82) is 5.41 Å². The lowest BCUT2D eigenvalue weighted by molar-refractivity contribution is 0.375. The molecular formula is C12H13N3O. The Labute approximate surface area is 93.6 Å². The average molecular weight is 215 g/mol. The quantitative estimate of drug-likeness (QED) is 0.606. The van der Waals surface area contributed by atoms with Crippen LogP contribution in [0.25, 0.3) is 10.9 Å². The SMILES string of the molecule is Cc1ccnc2cc(OCC(=N)N)ccc12. The van der Waals surface area contributed by atoms with Crippen LogP contribution in [0.2, 0.25) is 0 Å². The van der Waals surface area contributed by atoms with E-state index in [0.29, 0.717) is 5.75 Å². The van der Waals surface area contributed by atoms with E-state index in [0.717, 1.165) is 10.9 Å². The van der Waals surface area contributed by atoms with Gasteiger partial charge in [0.2, 0.25) is 0 Å². The number of aryl methyl sites for hydroxylation is 1. The van der Waals surface area contributed by atoms with Crippen LogP contribution in [0, 0.1) is 12.3 Å². The largest absolute Gasteiger partial charge is 0.486 e. The van der Waals surface area contributed by atoms with Gasteiger partial charge in [-0.15, -0.1) is 0 Å². The maximum atomic E-state index is 7.08. The summed E-state index contributed by atoms with van der Waals surface area (Å²) in [4.78, 5) is 4.26. The van der Waals surface area contributed by atoms with Gasteiger partial charge in [0, 0.05) is 17.6 Å². The highest BCUT2D eigenvalue weighted by molar-refractivity contribution is 5.83. The highest BCUT2D eigenvalue weighted by Gasteiger charge is 2.01. The van der Waals surface area contributed by atoms with E-state index in [9.17, 15) is 0 Å².